The van der Waals surface area contributed by atoms with Crippen molar-refractivity contribution in [1.29, 1.82) is 0 Å². The molecule has 1 unspecified atom stereocenters. The zero-order valence-electron chi connectivity index (χ0n) is 14.9. The monoisotopic (exact) mass is 394 g/mol. The lowest BCUT2D eigenvalue weighted by Crippen LogP contribution is -2.05. The molecule has 0 spiro atoms. The van der Waals surface area contributed by atoms with Gasteiger partial charge in [-0.15, -0.1) is 15.3 Å². The number of benzene rings is 1. The zero-order valence-corrected chi connectivity index (χ0v) is 15.7. The molecule has 1 aliphatic carbocycles. The van der Waals surface area contributed by atoms with Crippen LogP contribution < -0.4 is 0 Å². The molecule has 9 nitrogen and oxygen atoms in total. The van der Waals surface area contributed by atoms with E-state index in [9.17, 15) is 0 Å². The van der Waals surface area contributed by atoms with Crippen molar-refractivity contribution in [2.75, 3.05) is 7.11 Å². The van der Waals surface area contributed by atoms with Gasteiger partial charge in [0.05, 0.1) is 17.9 Å². The minimum Gasteiger partial charge on any atom is -0.375 e. The van der Waals surface area contributed by atoms with Crippen molar-refractivity contribution in [1.82, 2.24) is 39.0 Å². The highest BCUT2D eigenvalue weighted by Crippen LogP contribution is 2.42. The quantitative estimate of drug-likeness (QED) is 0.465. The number of methoxy groups -OCH3 is 1. The molecule has 1 saturated carbocycles. The number of rotatable bonds is 4. The molecular formula is C18H15ClN8O. The highest BCUT2D eigenvalue weighted by Gasteiger charge is 2.34. The van der Waals surface area contributed by atoms with Crippen molar-refractivity contribution in [3.63, 3.8) is 0 Å². The Morgan fingerprint density at radius 2 is 2.00 bits per heavy atom. The van der Waals surface area contributed by atoms with E-state index in [2.05, 4.69) is 25.5 Å². The van der Waals surface area contributed by atoms with E-state index in [0.29, 0.717) is 22.8 Å². The second-order valence-electron chi connectivity index (χ2n) is 6.98. The summed E-state index contributed by atoms with van der Waals surface area (Å²) in [6.07, 6.45) is 5.82. The number of hydrogen-bond donors (Lipinski definition) is 0. The predicted octanol–water partition coefficient (Wildman–Crippen LogP) is 2.86. The molecule has 5 aromatic rings. The molecule has 1 aliphatic rings. The highest BCUT2D eigenvalue weighted by molar-refractivity contribution is 6.29. The third-order valence-corrected chi connectivity index (χ3v) is 5.54. The molecule has 0 N–H and O–H groups in total. The molecule has 140 valence electrons. The molecule has 0 aliphatic heterocycles. The van der Waals surface area contributed by atoms with Gasteiger partial charge in [0.2, 0.25) is 5.28 Å². The maximum Gasteiger partial charge on any atom is 0.259 e. The fourth-order valence-electron chi connectivity index (χ4n) is 3.83. The molecule has 4 aromatic heterocycles. The van der Waals surface area contributed by atoms with Crippen LogP contribution in [0.5, 0.6) is 0 Å². The Hall–Kier alpha value is -3.04. The fraction of sp³-hybridized carbons (Fsp3) is 0.278. The Morgan fingerprint density at radius 1 is 1.14 bits per heavy atom. The molecule has 0 bridgehead atoms. The molecule has 4 heterocycles. The van der Waals surface area contributed by atoms with Crippen LogP contribution in [0.3, 0.4) is 0 Å². The summed E-state index contributed by atoms with van der Waals surface area (Å²) in [7, 11) is 1.71. The van der Waals surface area contributed by atoms with E-state index in [1.807, 2.05) is 39.3 Å². The fourth-order valence-corrected chi connectivity index (χ4v) is 4.05. The first-order valence-corrected chi connectivity index (χ1v) is 9.38. The van der Waals surface area contributed by atoms with Crippen LogP contribution >= 0.6 is 11.6 Å². The first-order chi connectivity index (χ1) is 13.8. The zero-order chi connectivity index (χ0) is 18.8. The van der Waals surface area contributed by atoms with Crippen molar-refractivity contribution in [2.24, 2.45) is 5.92 Å². The lowest BCUT2D eigenvalue weighted by Gasteiger charge is -2.09. The molecule has 10 heteroatoms. The van der Waals surface area contributed by atoms with Gasteiger partial charge in [-0.25, -0.2) is 9.38 Å². The number of aromatic nitrogens is 8. The summed E-state index contributed by atoms with van der Waals surface area (Å²) < 4.78 is 11.0. The van der Waals surface area contributed by atoms with E-state index in [0.717, 1.165) is 35.1 Å². The average molecular weight is 395 g/mol. The number of imidazole rings is 1. The molecule has 0 amide bonds. The van der Waals surface area contributed by atoms with Gasteiger partial charge in [0.25, 0.3) is 5.95 Å². The number of nitrogens with zero attached hydrogens (tertiary/aromatic N) is 8. The summed E-state index contributed by atoms with van der Waals surface area (Å²) in [6.45, 7) is 0. The van der Waals surface area contributed by atoms with E-state index < -0.39 is 0 Å². The van der Waals surface area contributed by atoms with Gasteiger partial charge in [0.15, 0.2) is 5.65 Å². The number of halogens is 1. The summed E-state index contributed by atoms with van der Waals surface area (Å²) in [5, 5.41) is 18.7. The van der Waals surface area contributed by atoms with Gasteiger partial charge in [-0.05, 0) is 42.5 Å². The van der Waals surface area contributed by atoms with Crippen molar-refractivity contribution in [2.45, 2.75) is 18.9 Å². The normalized spacial score (nSPS) is 15.8. The Labute approximate surface area is 163 Å². The predicted molar refractivity (Wildman–Crippen MR) is 102 cm³/mol. The Morgan fingerprint density at radius 3 is 2.82 bits per heavy atom. The van der Waals surface area contributed by atoms with Gasteiger partial charge in [-0.3, -0.25) is 4.40 Å². The Balaban J connectivity index is 1.62. The molecule has 1 aromatic carbocycles. The van der Waals surface area contributed by atoms with Crippen LogP contribution in [-0.2, 0) is 4.74 Å². The summed E-state index contributed by atoms with van der Waals surface area (Å²) in [5.74, 6) is 1.03. The third-order valence-electron chi connectivity index (χ3n) is 5.27. The summed E-state index contributed by atoms with van der Waals surface area (Å²) in [5.41, 5.74) is 3.17. The SMILES string of the molecule is COC(c1cn(-c2nnc3c4ccccc4n4c(Cl)ncc4n23)nn1)C1CC1. The standard InChI is InChI=1S/C18H15ClN8O/c1-28-15(10-6-7-10)12-9-25(24-21-12)18-23-22-16-11-4-2-3-5-13(11)26-14(27(16)18)8-20-17(26)19/h2-5,8-10,15H,6-7H2,1H3. The van der Waals surface area contributed by atoms with Crippen LogP contribution in [0.25, 0.3) is 28.1 Å². The molecule has 1 atom stereocenters. The molecule has 0 saturated heterocycles. The van der Waals surface area contributed by atoms with Crippen molar-refractivity contribution in [3.8, 4) is 5.95 Å². The summed E-state index contributed by atoms with van der Waals surface area (Å²) in [6, 6.07) is 7.88. The van der Waals surface area contributed by atoms with E-state index in [1.54, 1.807) is 18.0 Å². The molecule has 28 heavy (non-hydrogen) atoms. The van der Waals surface area contributed by atoms with Crippen LogP contribution in [0, 0.1) is 5.92 Å². The second kappa shape index (κ2) is 5.73. The molecule has 6 rings (SSSR count). The third kappa shape index (κ3) is 2.14. The van der Waals surface area contributed by atoms with Crippen LogP contribution in [0.15, 0.2) is 36.7 Å². The maximum atomic E-state index is 6.37. The van der Waals surface area contributed by atoms with Crippen LogP contribution in [0.2, 0.25) is 5.28 Å². The van der Waals surface area contributed by atoms with Gasteiger partial charge in [-0.1, -0.05) is 17.3 Å². The first kappa shape index (κ1) is 16.0. The maximum absolute atomic E-state index is 6.37. The van der Waals surface area contributed by atoms with Gasteiger partial charge >= 0.3 is 0 Å². The molecular weight excluding hydrogens is 380 g/mol. The van der Waals surface area contributed by atoms with Crippen LogP contribution in [0.4, 0.5) is 0 Å². The van der Waals surface area contributed by atoms with E-state index >= 15 is 0 Å². The van der Waals surface area contributed by atoms with E-state index in [4.69, 9.17) is 16.3 Å². The van der Waals surface area contributed by atoms with Crippen LogP contribution in [0.1, 0.15) is 24.6 Å². The average Bonchev–Trinajstić information content (AvgIpc) is 3.11. The van der Waals surface area contributed by atoms with Gasteiger partial charge in [0, 0.05) is 12.5 Å². The largest absolute Gasteiger partial charge is 0.375 e. The topological polar surface area (TPSA) is 87.4 Å². The van der Waals surface area contributed by atoms with E-state index in [-0.39, 0.29) is 6.10 Å². The highest BCUT2D eigenvalue weighted by atomic mass is 35.5. The lowest BCUT2D eigenvalue weighted by molar-refractivity contribution is 0.0810. The van der Waals surface area contributed by atoms with Crippen LogP contribution in [-0.4, -0.2) is 46.1 Å². The number of fused-ring (bicyclic) bond motifs is 6. The number of hydrogen-bond acceptors (Lipinski definition) is 6. The van der Waals surface area contributed by atoms with Crippen molar-refractivity contribution in [3.05, 3.63) is 47.6 Å². The minimum atomic E-state index is -0.0433. The molecule has 0 radical (unpaired) electrons. The smallest absolute Gasteiger partial charge is 0.259 e. The van der Waals surface area contributed by atoms with Gasteiger partial charge in [-0.2, -0.15) is 4.68 Å². The summed E-state index contributed by atoms with van der Waals surface area (Å²) in [4.78, 5) is 4.28. The Bertz CT molecular complexity index is 1350. The van der Waals surface area contributed by atoms with Gasteiger partial charge in [0.1, 0.15) is 17.4 Å². The van der Waals surface area contributed by atoms with Crippen molar-refractivity contribution < 1.29 is 4.74 Å². The Kier molecular flexibility index (Phi) is 3.27. The number of para-hydroxylation sites is 1. The summed E-state index contributed by atoms with van der Waals surface area (Å²) >= 11 is 6.37. The van der Waals surface area contributed by atoms with Gasteiger partial charge < -0.3 is 4.74 Å². The minimum absolute atomic E-state index is 0.0433. The van der Waals surface area contributed by atoms with E-state index in [1.165, 1.54) is 0 Å². The lowest BCUT2D eigenvalue weighted by atomic mass is 10.2. The van der Waals surface area contributed by atoms with Crippen molar-refractivity contribution >= 4 is 33.8 Å². The molecule has 1 fully saturated rings. The number of ether oxygens (including phenoxy) is 1. The first-order valence-electron chi connectivity index (χ1n) is 9.00. The second-order valence-corrected chi connectivity index (χ2v) is 7.32.